The molecule has 2 aliphatic heterocycles. The highest BCUT2D eigenvalue weighted by Crippen LogP contribution is 2.39. The lowest BCUT2D eigenvalue weighted by Crippen LogP contribution is -2.43. The van der Waals surface area contributed by atoms with Crippen LogP contribution in [0.4, 0.5) is 0 Å². The predicted octanol–water partition coefficient (Wildman–Crippen LogP) is 5.72. The smallest absolute Gasteiger partial charge is 0.108 e. The minimum Gasteiger partial charge on any atom is -0.365 e. The fourth-order valence-corrected chi connectivity index (χ4v) is 4.65. The van der Waals surface area contributed by atoms with E-state index in [1.807, 2.05) is 30.3 Å². The maximum atomic E-state index is 6.66. The lowest BCUT2D eigenvalue weighted by atomic mass is 9.97. The van der Waals surface area contributed by atoms with E-state index in [1.54, 1.807) is 0 Å². The average Bonchev–Trinajstić information content (AvgIpc) is 2.82. The van der Waals surface area contributed by atoms with Gasteiger partial charge in [-0.25, -0.2) is 0 Å². The number of benzene rings is 2. The van der Waals surface area contributed by atoms with Crippen LogP contribution < -0.4 is 0 Å². The molecule has 0 saturated carbocycles. The van der Waals surface area contributed by atoms with Gasteiger partial charge in [0.15, 0.2) is 0 Å². The number of hydrogen-bond donors (Lipinski definition) is 0. The highest BCUT2D eigenvalue weighted by molar-refractivity contribution is 6.30. The van der Waals surface area contributed by atoms with Crippen LogP contribution >= 0.6 is 23.2 Å². The van der Waals surface area contributed by atoms with Gasteiger partial charge in [0, 0.05) is 22.1 Å². The lowest BCUT2D eigenvalue weighted by Gasteiger charge is -2.38. The topological polar surface area (TPSA) is 12.5 Å². The number of ether oxygens (including phenoxy) is 1. The molecular formula is C21H23Cl2NO. The molecule has 0 aliphatic carbocycles. The van der Waals surface area contributed by atoms with Crippen molar-refractivity contribution in [3.63, 3.8) is 0 Å². The summed E-state index contributed by atoms with van der Waals surface area (Å²) in [6, 6.07) is 17.3. The van der Waals surface area contributed by atoms with E-state index in [4.69, 9.17) is 27.9 Å². The van der Waals surface area contributed by atoms with Crippen molar-refractivity contribution in [2.75, 3.05) is 7.05 Å². The fraction of sp³-hybridized carbons (Fsp3) is 0.429. The number of halogens is 2. The summed E-state index contributed by atoms with van der Waals surface area (Å²) in [4.78, 5) is 2.54. The lowest BCUT2D eigenvalue weighted by molar-refractivity contribution is -0.0426. The van der Waals surface area contributed by atoms with Crippen LogP contribution in [0.25, 0.3) is 0 Å². The quantitative estimate of drug-likeness (QED) is 0.676. The van der Waals surface area contributed by atoms with Gasteiger partial charge < -0.3 is 9.64 Å². The van der Waals surface area contributed by atoms with Gasteiger partial charge in [0.1, 0.15) is 6.10 Å². The molecule has 25 heavy (non-hydrogen) atoms. The monoisotopic (exact) mass is 375 g/mol. The van der Waals surface area contributed by atoms with Crippen LogP contribution in [0.5, 0.6) is 0 Å². The molecule has 3 atom stereocenters. The van der Waals surface area contributed by atoms with E-state index in [0.29, 0.717) is 12.1 Å². The number of rotatable bonds is 4. The SMILES string of the molecule is CN1C2CCC1CC(OC(c1ccc(Cl)cc1)c1cccc(Cl)c1)C2. The van der Waals surface area contributed by atoms with Gasteiger partial charge in [0.05, 0.1) is 6.10 Å². The summed E-state index contributed by atoms with van der Waals surface area (Å²) < 4.78 is 6.66. The summed E-state index contributed by atoms with van der Waals surface area (Å²) in [6.07, 6.45) is 4.99. The zero-order chi connectivity index (χ0) is 17.4. The van der Waals surface area contributed by atoms with E-state index in [2.05, 4.69) is 30.1 Å². The molecule has 0 aromatic heterocycles. The summed E-state index contributed by atoms with van der Waals surface area (Å²) >= 11 is 12.3. The second-order valence-corrected chi connectivity index (χ2v) is 8.14. The van der Waals surface area contributed by atoms with Gasteiger partial charge in [-0.2, -0.15) is 0 Å². The van der Waals surface area contributed by atoms with Crippen LogP contribution in [0.1, 0.15) is 42.9 Å². The standard InChI is InChI=1S/C21H23Cl2NO/c1-24-18-9-10-19(24)13-20(12-18)25-21(14-5-7-16(22)8-6-14)15-3-2-4-17(23)11-15/h2-8,11,18-21H,9-10,12-13H2,1H3. The normalized spacial score (nSPS) is 27.4. The van der Waals surface area contributed by atoms with Crippen LogP contribution in [-0.4, -0.2) is 30.1 Å². The van der Waals surface area contributed by atoms with E-state index in [1.165, 1.54) is 12.8 Å². The van der Waals surface area contributed by atoms with Crippen molar-refractivity contribution in [1.29, 1.82) is 0 Å². The molecule has 2 fully saturated rings. The first-order valence-corrected chi connectivity index (χ1v) is 9.74. The summed E-state index contributed by atoms with van der Waals surface area (Å²) in [5.74, 6) is 0. The third-order valence-electron chi connectivity index (χ3n) is 5.71. The number of fused-ring (bicyclic) bond motifs is 2. The zero-order valence-corrected chi connectivity index (χ0v) is 15.9. The van der Waals surface area contributed by atoms with Crippen LogP contribution in [0.15, 0.2) is 48.5 Å². The molecular weight excluding hydrogens is 353 g/mol. The molecule has 4 heteroatoms. The average molecular weight is 376 g/mol. The molecule has 0 amide bonds. The Balaban J connectivity index is 1.60. The molecule has 2 saturated heterocycles. The molecule has 2 nitrogen and oxygen atoms in total. The molecule has 2 aromatic carbocycles. The van der Waals surface area contributed by atoms with Crippen molar-refractivity contribution in [3.05, 3.63) is 69.7 Å². The third-order valence-corrected chi connectivity index (χ3v) is 6.19. The first-order valence-electron chi connectivity index (χ1n) is 8.98. The number of nitrogens with zero attached hydrogens (tertiary/aromatic N) is 1. The summed E-state index contributed by atoms with van der Waals surface area (Å²) in [6.45, 7) is 0. The van der Waals surface area contributed by atoms with Crippen LogP contribution in [-0.2, 0) is 4.74 Å². The largest absolute Gasteiger partial charge is 0.365 e. The highest BCUT2D eigenvalue weighted by atomic mass is 35.5. The highest BCUT2D eigenvalue weighted by Gasteiger charge is 2.39. The first kappa shape index (κ1) is 17.4. The molecule has 2 heterocycles. The van der Waals surface area contributed by atoms with E-state index >= 15 is 0 Å². The Bertz CT molecular complexity index is 719. The number of piperidine rings is 1. The Hall–Kier alpha value is -1.06. The van der Waals surface area contributed by atoms with Gasteiger partial charge in [-0.3, -0.25) is 0 Å². The maximum Gasteiger partial charge on any atom is 0.108 e. The molecule has 2 aromatic rings. The Labute approximate surface area is 159 Å². The third kappa shape index (κ3) is 3.73. The van der Waals surface area contributed by atoms with Crippen molar-refractivity contribution >= 4 is 23.2 Å². The van der Waals surface area contributed by atoms with E-state index in [9.17, 15) is 0 Å². The van der Waals surface area contributed by atoms with Gasteiger partial charge in [0.2, 0.25) is 0 Å². The van der Waals surface area contributed by atoms with Crippen molar-refractivity contribution < 1.29 is 4.74 Å². The maximum absolute atomic E-state index is 6.66. The summed E-state index contributed by atoms with van der Waals surface area (Å²) in [5.41, 5.74) is 2.22. The van der Waals surface area contributed by atoms with Crippen molar-refractivity contribution in [3.8, 4) is 0 Å². The molecule has 0 radical (unpaired) electrons. The van der Waals surface area contributed by atoms with Gasteiger partial charge in [-0.1, -0.05) is 47.5 Å². The van der Waals surface area contributed by atoms with Crippen LogP contribution in [0.3, 0.4) is 0 Å². The van der Waals surface area contributed by atoms with Gasteiger partial charge in [0.25, 0.3) is 0 Å². The van der Waals surface area contributed by atoms with E-state index in [0.717, 1.165) is 34.0 Å². The minimum atomic E-state index is -0.108. The van der Waals surface area contributed by atoms with Crippen LogP contribution in [0, 0.1) is 0 Å². The molecule has 132 valence electrons. The molecule has 3 unspecified atom stereocenters. The fourth-order valence-electron chi connectivity index (χ4n) is 4.32. The van der Waals surface area contributed by atoms with Crippen molar-refractivity contribution in [2.45, 2.75) is 50.0 Å². The minimum absolute atomic E-state index is 0.108. The summed E-state index contributed by atoms with van der Waals surface area (Å²) in [7, 11) is 2.26. The Morgan fingerprint density at radius 3 is 2.24 bits per heavy atom. The van der Waals surface area contributed by atoms with Gasteiger partial charge in [-0.15, -0.1) is 0 Å². The second-order valence-electron chi connectivity index (χ2n) is 7.27. The van der Waals surface area contributed by atoms with Gasteiger partial charge >= 0.3 is 0 Å². The molecule has 2 bridgehead atoms. The Kier molecular flexibility index (Phi) is 5.06. The number of hydrogen-bond acceptors (Lipinski definition) is 2. The van der Waals surface area contributed by atoms with Crippen LogP contribution in [0.2, 0.25) is 10.0 Å². The van der Waals surface area contributed by atoms with Crippen molar-refractivity contribution in [1.82, 2.24) is 4.90 Å². The molecule has 4 rings (SSSR count). The first-order chi connectivity index (χ1) is 12.1. The second kappa shape index (κ2) is 7.28. The zero-order valence-electron chi connectivity index (χ0n) is 14.4. The molecule has 2 aliphatic rings. The van der Waals surface area contributed by atoms with E-state index < -0.39 is 0 Å². The molecule has 0 spiro atoms. The predicted molar refractivity (Wildman–Crippen MR) is 103 cm³/mol. The summed E-state index contributed by atoms with van der Waals surface area (Å²) in [5, 5.41) is 1.48. The van der Waals surface area contributed by atoms with Gasteiger partial charge in [-0.05, 0) is 68.1 Å². The van der Waals surface area contributed by atoms with E-state index in [-0.39, 0.29) is 12.2 Å². The Morgan fingerprint density at radius 2 is 1.60 bits per heavy atom. The molecule has 0 N–H and O–H groups in total. The van der Waals surface area contributed by atoms with Crippen molar-refractivity contribution in [2.24, 2.45) is 0 Å². The Morgan fingerprint density at radius 1 is 0.920 bits per heavy atom.